The molecule has 0 bridgehead atoms. The van der Waals surface area contributed by atoms with E-state index in [1.165, 1.54) is 6.07 Å². The van der Waals surface area contributed by atoms with Crippen molar-refractivity contribution in [1.82, 2.24) is 10.2 Å². The Bertz CT molecular complexity index is 854. The molecule has 29 heavy (non-hydrogen) atoms. The maximum absolute atomic E-state index is 14.2. The molecule has 1 N–H and O–H groups in total. The molecule has 0 spiro atoms. The van der Waals surface area contributed by atoms with Crippen LogP contribution < -0.4 is 14.8 Å². The van der Waals surface area contributed by atoms with Crippen molar-refractivity contribution in [3.63, 3.8) is 0 Å². The van der Waals surface area contributed by atoms with Gasteiger partial charge in [0.05, 0.1) is 12.6 Å². The molecule has 0 saturated carbocycles. The van der Waals surface area contributed by atoms with E-state index >= 15 is 0 Å². The van der Waals surface area contributed by atoms with Gasteiger partial charge in [-0.3, -0.25) is 0 Å². The zero-order valence-electron chi connectivity index (χ0n) is 16.2. The lowest BCUT2D eigenvalue weighted by atomic mass is 10.1. The van der Waals surface area contributed by atoms with Crippen LogP contribution in [0.4, 0.5) is 9.18 Å². The topological polar surface area (TPSA) is 60.0 Å². The van der Waals surface area contributed by atoms with Crippen LogP contribution in [-0.4, -0.2) is 37.0 Å². The minimum absolute atomic E-state index is 0.0357. The number of nitrogens with one attached hydrogen (secondary N) is 1. The molecule has 154 valence electrons. The highest BCUT2D eigenvalue weighted by molar-refractivity contribution is 5.74. The lowest BCUT2D eigenvalue weighted by molar-refractivity contribution is 0.0176. The number of nitrogens with zero attached hydrogens (tertiary/aromatic N) is 1. The Labute approximate surface area is 169 Å². The van der Waals surface area contributed by atoms with Gasteiger partial charge >= 0.3 is 6.03 Å². The smallest absolute Gasteiger partial charge is 0.318 e. The zero-order chi connectivity index (χ0) is 20.1. The molecule has 0 aliphatic carbocycles. The Hall–Kier alpha value is -2.80. The number of carbonyl (C=O) groups is 1. The fourth-order valence-corrected chi connectivity index (χ4v) is 3.57. The molecule has 1 unspecified atom stereocenters. The first-order valence-electron chi connectivity index (χ1n) is 9.95. The molecule has 2 aromatic rings. The second-order valence-electron chi connectivity index (χ2n) is 7.31. The first-order valence-corrected chi connectivity index (χ1v) is 9.95. The standard InChI is InChI=1S/C22H25FN2O4/c23-19-7-2-1-5-17(19)14-25(22(26)24-12-18-6-3-4-10-27-18)13-16-8-9-20-21(11-16)29-15-28-20/h1-2,5,7-9,11,18H,3-4,6,10,12-15H2,(H,24,26). The van der Waals surface area contributed by atoms with E-state index in [4.69, 9.17) is 14.2 Å². The van der Waals surface area contributed by atoms with Crippen molar-refractivity contribution in [3.8, 4) is 11.5 Å². The molecule has 6 nitrogen and oxygen atoms in total. The van der Waals surface area contributed by atoms with E-state index in [0.717, 1.165) is 31.4 Å². The quantitative estimate of drug-likeness (QED) is 0.801. The van der Waals surface area contributed by atoms with Gasteiger partial charge in [0, 0.05) is 25.3 Å². The van der Waals surface area contributed by atoms with E-state index in [-0.39, 0.29) is 31.3 Å². The summed E-state index contributed by atoms with van der Waals surface area (Å²) in [7, 11) is 0. The number of urea groups is 1. The monoisotopic (exact) mass is 400 g/mol. The molecule has 2 aromatic carbocycles. The second-order valence-corrected chi connectivity index (χ2v) is 7.31. The van der Waals surface area contributed by atoms with Crippen LogP contribution in [0.15, 0.2) is 42.5 Å². The van der Waals surface area contributed by atoms with Crippen molar-refractivity contribution in [3.05, 3.63) is 59.4 Å². The van der Waals surface area contributed by atoms with Gasteiger partial charge in [-0.2, -0.15) is 0 Å². The van der Waals surface area contributed by atoms with E-state index in [0.29, 0.717) is 30.2 Å². The predicted octanol–water partition coefficient (Wildman–Crippen LogP) is 3.84. The second kappa shape index (κ2) is 9.13. The molecular weight excluding hydrogens is 375 g/mol. The number of carbonyl (C=O) groups excluding carboxylic acids is 1. The number of ether oxygens (including phenoxy) is 3. The van der Waals surface area contributed by atoms with Crippen molar-refractivity contribution >= 4 is 6.03 Å². The lowest BCUT2D eigenvalue weighted by Gasteiger charge is -2.27. The van der Waals surface area contributed by atoms with Crippen LogP contribution in [0.3, 0.4) is 0 Å². The van der Waals surface area contributed by atoms with Crippen molar-refractivity contribution < 1.29 is 23.4 Å². The first kappa shape index (κ1) is 19.5. The summed E-state index contributed by atoms with van der Waals surface area (Å²) >= 11 is 0. The van der Waals surface area contributed by atoms with E-state index in [1.54, 1.807) is 23.1 Å². The Morgan fingerprint density at radius 1 is 1.10 bits per heavy atom. The van der Waals surface area contributed by atoms with E-state index in [9.17, 15) is 9.18 Å². The molecule has 2 aliphatic heterocycles. The van der Waals surface area contributed by atoms with Crippen molar-refractivity contribution in [1.29, 1.82) is 0 Å². The minimum Gasteiger partial charge on any atom is -0.454 e. The number of hydrogen-bond acceptors (Lipinski definition) is 4. The summed E-state index contributed by atoms with van der Waals surface area (Å²) < 4.78 is 30.7. The van der Waals surface area contributed by atoms with Crippen LogP contribution in [0.25, 0.3) is 0 Å². The van der Waals surface area contributed by atoms with Gasteiger partial charge in [-0.25, -0.2) is 9.18 Å². The molecule has 1 saturated heterocycles. The van der Waals surface area contributed by atoms with Crippen LogP contribution in [0, 0.1) is 5.82 Å². The summed E-state index contributed by atoms with van der Waals surface area (Å²) in [6.07, 6.45) is 3.15. The van der Waals surface area contributed by atoms with Gasteiger partial charge in [0.2, 0.25) is 6.79 Å². The van der Waals surface area contributed by atoms with Crippen LogP contribution in [0.5, 0.6) is 11.5 Å². The molecule has 0 radical (unpaired) electrons. The van der Waals surface area contributed by atoms with Crippen LogP contribution in [0.2, 0.25) is 0 Å². The lowest BCUT2D eigenvalue weighted by Crippen LogP contribution is -2.43. The average Bonchev–Trinajstić information content (AvgIpc) is 3.22. The third kappa shape index (κ3) is 4.98. The van der Waals surface area contributed by atoms with Crippen molar-refractivity contribution in [2.75, 3.05) is 19.9 Å². The number of hydrogen-bond donors (Lipinski definition) is 1. The van der Waals surface area contributed by atoms with Gasteiger partial charge in [0.1, 0.15) is 5.82 Å². The molecule has 4 rings (SSSR count). The number of benzene rings is 2. The van der Waals surface area contributed by atoms with Gasteiger partial charge in [0.15, 0.2) is 11.5 Å². The number of halogens is 1. The summed E-state index contributed by atoms with van der Waals surface area (Å²) in [6.45, 7) is 1.87. The third-order valence-corrected chi connectivity index (χ3v) is 5.17. The largest absolute Gasteiger partial charge is 0.454 e. The summed E-state index contributed by atoms with van der Waals surface area (Å²) in [5.41, 5.74) is 1.35. The van der Waals surface area contributed by atoms with E-state index < -0.39 is 0 Å². The van der Waals surface area contributed by atoms with Crippen LogP contribution >= 0.6 is 0 Å². The fraction of sp³-hybridized carbons (Fsp3) is 0.409. The Morgan fingerprint density at radius 3 is 2.79 bits per heavy atom. The Kier molecular flexibility index (Phi) is 6.14. The SMILES string of the molecule is O=C(NCC1CCCCO1)N(Cc1ccc2c(c1)OCO2)Cc1ccccc1F. The number of fused-ring (bicyclic) bond motifs is 1. The molecule has 1 atom stereocenters. The zero-order valence-corrected chi connectivity index (χ0v) is 16.2. The molecule has 7 heteroatoms. The molecule has 0 aromatic heterocycles. The van der Waals surface area contributed by atoms with Gasteiger partial charge in [-0.05, 0) is 43.0 Å². The fourth-order valence-electron chi connectivity index (χ4n) is 3.57. The van der Waals surface area contributed by atoms with Gasteiger partial charge < -0.3 is 24.4 Å². The minimum atomic E-state index is -0.327. The Balaban J connectivity index is 1.47. The summed E-state index contributed by atoms with van der Waals surface area (Å²) in [6, 6.07) is 11.8. The summed E-state index contributed by atoms with van der Waals surface area (Å²) in [5, 5.41) is 2.95. The summed E-state index contributed by atoms with van der Waals surface area (Å²) in [5.74, 6) is 1.02. The Morgan fingerprint density at radius 2 is 1.97 bits per heavy atom. The van der Waals surface area contributed by atoms with Crippen LogP contribution in [-0.2, 0) is 17.8 Å². The molecular formula is C22H25FN2O4. The first-order chi connectivity index (χ1) is 14.2. The highest BCUT2D eigenvalue weighted by Gasteiger charge is 2.21. The summed E-state index contributed by atoms with van der Waals surface area (Å²) in [4.78, 5) is 14.5. The number of amides is 2. The molecule has 2 aliphatic rings. The third-order valence-electron chi connectivity index (χ3n) is 5.17. The molecule has 2 amide bonds. The molecule has 1 fully saturated rings. The number of rotatable bonds is 6. The van der Waals surface area contributed by atoms with E-state index in [2.05, 4.69) is 5.32 Å². The normalized spacial score (nSPS) is 17.8. The predicted molar refractivity (Wildman–Crippen MR) is 105 cm³/mol. The maximum Gasteiger partial charge on any atom is 0.318 e. The highest BCUT2D eigenvalue weighted by atomic mass is 19.1. The van der Waals surface area contributed by atoms with Crippen LogP contribution in [0.1, 0.15) is 30.4 Å². The van der Waals surface area contributed by atoms with Crippen molar-refractivity contribution in [2.45, 2.75) is 38.5 Å². The average molecular weight is 400 g/mol. The van der Waals surface area contributed by atoms with Gasteiger partial charge in [-0.15, -0.1) is 0 Å². The maximum atomic E-state index is 14.2. The van der Waals surface area contributed by atoms with Crippen molar-refractivity contribution in [2.24, 2.45) is 0 Å². The van der Waals surface area contributed by atoms with Gasteiger partial charge in [0.25, 0.3) is 0 Å². The van der Waals surface area contributed by atoms with Gasteiger partial charge in [-0.1, -0.05) is 24.3 Å². The van der Waals surface area contributed by atoms with E-state index in [1.807, 2.05) is 18.2 Å². The molecule has 2 heterocycles. The highest BCUT2D eigenvalue weighted by Crippen LogP contribution is 2.33.